The molecule has 0 saturated carbocycles. The lowest BCUT2D eigenvalue weighted by Crippen LogP contribution is -1.93. The van der Waals surface area contributed by atoms with Crippen LogP contribution in [0.25, 0.3) is 10.9 Å². The second kappa shape index (κ2) is 3.20. The quantitative estimate of drug-likeness (QED) is 0.666. The number of fused-ring (bicyclic) bond motifs is 1. The van der Waals surface area contributed by atoms with E-state index in [4.69, 9.17) is 16.9 Å². The first-order valence-electron chi connectivity index (χ1n) is 3.74. The Labute approximate surface area is 83.7 Å². The van der Waals surface area contributed by atoms with Crippen LogP contribution in [0.4, 0.5) is 4.39 Å². The molecule has 2 rings (SSSR count). The number of rotatable bonds is 0. The molecule has 1 aromatic heterocycles. The molecule has 0 unspecified atom stereocenters. The molecule has 0 saturated heterocycles. The van der Waals surface area contributed by atoms with Gasteiger partial charge in [-0.3, -0.25) is 0 Å². The summed E-state index contributed by atoms with van der Waals surface area (Å²) < 4.78 is 13.2. The van der Waals surface area contributed by atoms with E-state index in [2.05, 4.69) is 10.2 Å². The highest BCUT2D eigenvalue weighted by Crippen LogP contribution is 2.24. The van der Waals surface area contributed by atoms with Crippen LogP contribution in [0.3, 0.4) is 0 Å². The maximum Gasteiger partial charge on any atom is 0.182 e. The molecule has 2 aromatic rings. The van der Waals surface area contributed by atoms with Gasteiger partial charge in [-0.25, -0.2) is 4.39 Å². The molecule has 0 atom stereocenters. The number of aromatic nitrogens is 2. The van der Waals surface area contributed by atoms with Crippen LogP contribution in [0.5, 0.6) is 0 Å². The second-order valence-corrected chi connectivity index (χ2v) is 2.99. The number of benzene rings is 1. The van der Waals surface area contributed by atoms with E-state index >= 15 is 0 Å². The van der Waals surface area contributed by atoms with E-state index < -0.39 is 5.82 Å². The van der Waals surface area contributed by atoms with Crippen molar-refractivity contribution in [3.8, 4) is 6.07 Å². The molecule has 5 heteroatoms. The van der Waals surface area contributed by atoms with Crippen molar-refractivity contribution in [2.45, 2.75) is 0 Å². The van der Waals surface area contributed by atoms with Crippen molar-refractivity contribution in [1.82, 2.24) is 10.2 Å². The fourth-order valence-corrected chi connectivity index (χ4v) is 1.37. The largest absolute Gasteiger partial charge is 0.205 e. The highest BCUT2D eigenvalue weighted by molar-refractivity contribution is 6.36. The average Bonchev–Trinajstić information content (AvgIpc) is 2.20. The van der Waals surface area contributed by atoms with Gasteiger partial charge in [-0.05, 0) is 6.07 Å². The Morgan fingerprint density at radius 2 is 2.14 bits per heavy atom. The third-order valence-corrected chi connectivity index (χ3v) is 2.17. The lowest BCUT2D eigenvalue weighted by atomic mass is 10.2. The van der Waals surface area contributed by atoms with Crippen molar-refractivity contribution >= 4 is 22.5 Å². The zero-order chi connectivity index (χ0) is 10.1. The van der Waals surface area contributed by atoms with Crippen molar-refractivity contribution in [2.24, 2.45) is 0 Å². The third kappa shape index (κ3) is 1.19. The summed E-state index contributed by atoms with van der Waals surface area (Å²) in [4.78, 5) is 0. The minimum absolute atomic E-state index is 0.00441. The highest BCUT2D eigenvalue weighted by atomic mass is 35.5. The van der Waals surface area contributed by atoms with Gasteiger partial charge in [0.05, 0.1) is 5.02 Å². The minimum Gasteiger partial charge on any atom is -0.205 e. The van der Waals surface area contributed by atoms with Gasteiger partial charge in [-0.1, -0.05) is 23.7 Å². The Hall–Kier alpha value is -1.73. The Morgan fingerprint density at radius 1 is 1.36 bits per heavy atom. The normalized spacial score (nSPS) is 10.1. The van der Waals surface area contributed by atoms with Gasteiger partial charge < -0.3 is 0 Å². The number of hydrogen-bond acceptors (Lipinski definition) is 3. The van der Waals surface area contributed by atoms with Crippen LogP contribution in [0.1, 0.15) is 5.69 Å². The van der Waals surface area contributed by atoms with Gasteiger partial charge in [0.1, 0.15) is 11.6 Å². The topological polar surface area (TPSA) is 49.6 Å². The first kappa shape index (κ1) is 8.85. The van der Waals surface area contributed by atoms with Gasteiger partial charge in [0.25, 0.3) is 0 Å². The summed E-state index contributed by atoms with van der Waals surface area (Å²) >= 11 is 5.82. The third-order valence-electron chi connectivity index (χ3n) is 1.79. The van der Waals surface area contributed by atoms with Gasteiger partial charge in [0.15, 0.2) is 11.5 Å². The highest BCUT2D eigenvalue weighted by Gasteiger charge is 2.10. The lowest BCUT2D eigenvalue weighted by Gasteiger charge is -1.99. The standard InChI is InChI=1S/C9H3ClFN3/c10-8-5-2-1-3-6(11)9(5)14-13-7(8)4-12/h1-3H. The maximum absolute atomic E-state index is 13.2. The number of nitrogens with zero attached hydrogens (tertiary/aromatic N) is 3. The van der Waals surface area contributed by atoms with Gasteiger partial charge >= 0.3 is 0 Å². The Morgan fingerprint density at radius 3 is 2.86 bits per heavy atom. The molecule has 3 nitrogen and oxygen atoms in total. The van der Waals surface area contributed by atoms with E-state index in [-0.39, 0.29) is 16.2 Å². The van der Waals surface area contributed by atoms with Crippen molar-refractivity contribution in [1.29, 1.82) is 5.26 Å². The smallest absolute Gasteiger partial charge is 0.182 e. The zero-order valence-corrected chi connectivity index (χ0v) is 7.59. The fraction of sp³-hybridized carbons (Fsp3) is 0. The Balaban J connectivity index is 2.92. The van der Waals surface area contributed by atoms with Crippen molar-refractivity contribution in [3.63, 3.8) is 0 Å². The second-order valence-electron chi connectivity index (χ2n) is 2.61. The first-order valence-corrected chi connectivity index (χ1v) is 4.12. The summed E-state index contributed by atoms with van der Waals surface area (Å²) in [6, 6.07) is 6.14. The predicted molar refractivity (Wildman–Crippen MR) is 49.2 cm³/mol. The molecule has 0 spiro atoms. The summed E-state index contributed by atoms with van der Waals surface area (Å²) in [7, 11) is 0. The molecule has 0 radical (unpaired) electrons. The van der Waals surface area contributed by atoms with Crippen LogP contribution in [-0.4, -0.2) is 10.2 Å². The monoisotopic (exact) mass is 207 g/mol. The van der Waals surface area contributed by atoms with Crippen molar-refractivity contribution < 1.29 is 4.39 Å². The predicted octanol–water partition coefficient (Wildman–Crippen LogP) is 2.29. The molecule has 1 aromatic carbocycles. The molecule has 0 N–H and O–H groups in total. The molecular weight excluding hydrogens is 205 g/mol. The minimum atomic E-state index is -0.499. The molecule has 0 amide bonds. The van der Waals surface area contributed by atoms with Crippen LogP contribution < -0.4 is 0 Å². The number of hydrogen-bond donors (Lipinski definition) is 0. The van der Waals surface area contributed by atoms with E-state index in [0.29, 0.717) is 5.39 Å². The molecule has 0 aliphatic carbocycles. The molecule has 0 bridgehead atoms. The van der Waals surface area contributed by atoms with Crippen molar-refractivity contribution in [2.75, 3.05) is 0 Å². The Kier molecular flexibility index (Phi) is 2.02. The van der Waals surface area contributed by atoms with Crippen LogP contribution in [0.2, 0.25) is 5.02 Å². The maximum atomic E-state index is 13.2. The fourth-order valence-electron chi connectivity index (χ4n) is 1.14. The molecule has 0 aliphatic rings. The van der Waals surface area contributed by atoms with E-state index in [1.807, 2.05) is 0 Å². The van der Waals surface area contributed by atoms with E-state index in [9.17, 15) is 4.39 Å². The van der Waals surface area contributed by atoms with E-state index in [1.165, 1.54) is 12.1 Å². The van der Waals surface area contributed by atoms with E-state index in [1.54, 1.807) is 12.1 Å². The molecule has 14 heavy (non-hydrogen) atoms. The SMILES string of the molecule is N#Cc1nnc2c(F)cccc2c1Cl. The van der Waals surface area contributed by atoms with Crippen LogP contribution in [0.15, 0.2) is 18.2 Å². The number of halogens is 2. The summed E-state index contributed by atoms with van der Waals surface area (Å²) in [6.45, 7) is 0. The Bertz CT molecular complexity index is 547. The number of nitriles is 1. The molecule has 1 heterocycles. The summed E-state index contributed by atoms with van der Waals surface area (Å²) in [5.41, 5.74) is 0.0845. The van der Waals surface area contributed by atoms with E-state index in [0.717, 1.165) is 0 Å². The average molecular weight is 208 g/mol. The summed E-state index contributed by atoms with van der Waals surface area (Å²) in [5.74, 6) is -0.499. The van der Waals surface area contributed by atoms with Gasteiger partial charge in [0.2, 0.25) is 0 Å². The summed E-state index contributed by atoms with van der Waals surface area (Å²) in [5, 5.41) is 16.2. The van der Waals surface area contributed by atoms with Crippen LogP contribution >= 0.6 is 11.6 Å². The summed E-state index contributed by atoms with van der Waals surface area (Å²) in [6.07, 6.45) is 0. The molecule has 68 valence electrons. The molecule has 0 aliphatic heterocycles. The van der Waals surface area contributed by atoms with Crippen LogP contribution in [-0.2, 0) is 0 Å². The molecular formula is C9H3ClFN3. The first-order chi connectivity index (χ1) is 6.74. The van der Waals surface area contributed by atoms with Crippen LogP contribution in [0, 0.1) is 17.1 Å². The lowest BCUT2D eigenvalue weighted by molar-refractivity contribution is 0.635. The molecule has 0 fully saturated rings. The zero-order valence-electron chi connectivity index (χ0n) is 6.83. The van der Waals surface area contributed by atoms with Crippen molar-refractivity contribution in [3.05, 3.63) is 34.7 Å². The van der Waals surface area contributed by atoms with Gasteiger partial charge in [0, 0.05) is 5.39 Å². The van der Waals surface area contributed by atoms with Gasteiger partial charge in [-0.15, -0.1) is 10.2 Å². The van der Waals surface area contributed by atoms with Gasteiger partial charge in [-0.2, -0.15) is 5.26 Å².